The SMILES string of the molecule is CCC1CCc2nc(NC(=O)CCCN)sc2C1. The van der Waals surface area contributed by atoms with Gasteiger partial charge >= 0.3 is 0 Å². The van der Waals surface area contributed by atoms with Crippen LogP contribution in [0.2, 0.25) is 0 Å². The Kier molecular flexibility index (Phi) is 4.72. The van der Waals surface area contributed by atoms with E-state index in [1.807, 2.05) is 0 Å². The van der Waals surface area contributed by atoms with Gasteiger partial charge in [-0.15, -0.1) is 11.3 Å². The van der Waals surface area contributed by atoms with Gasteiger partial charge in [0.25, 0.3) is 0 Å². The summed E-state index contributed by atoms with van der Waals surface area (Å²) in [6.45, 7) is 2.80. The zero-order valence-electron chi connectivity index (χ0n) is 10.9. The van der Waals surface area contributed by atoms with E-state index in [1.54, 1.807) is 11.3 Å². The molecular formula is C13H21N3OS. The van der Waals surface area contributed by atoms with Gasteiger partial charge in [-0.2, -0.15) is 0 Å². The number of carbonyl (C=O) groups is 1. The Hall–Kier alpha value is -0.940. The van der Waals surface area contributed by atoms with E-state index >= 15 is 0 Å². The first-order chi connectivity index (χ1) is 8.72. The lowest BCUT2D eigenvalue weighted by Gasteiger charge is -2.18. The molecule has 0 fully saturated rings. The van der Waals surface area contributed by atoms with Crippen LogP contribution in [0.4, 0.5) is 5.13 Å². The van der Waals surface area contributed by atoms with Crippen molar-refractivity contribution in [2.24, 2.45) is 11.7 Å². The molecule has 4 nitrogen and oxygen atoms in total. The third kappa shape index (κ3) is 3.29. The van der Waals surface area contributed by atoms with Gasteiger partial charge in [-0.05, 0) is 38.1 Å². The lowest BCUT2D eigenvalue weighted by atomic mass is 9.89. The van der Waals surface area contributed by atoms with Gasteiger partial charge in [0.15, 0.2) is 5.13 Å². The van der Waals surface area contributed by atoms with Crippen molar-refractivity contribution in [3.63, 3.8) is 0 Å². The van der Waals surface area contributed by atoms with Crippen molar-refractivity contribution >= 4 is 22.4 Å². The Bertz CT molecular complexity index is 416. The van der Waals surface area contributed by atoms with Crippen molar-refractivity contribution < 1.29 is 4.79 Å². The predicted octanol–water partition coefficient (Wildman–Crippen LogP) is 2.34. The fraction of sp³-hybridized carbons (Fsp3) is 0.692. The summed E-state index contributed by atoms with van der Waals surface area (Å²) in [6.07, 6.45) is 5.86. The number of anilines is 1. The van der Waals surface area contributed by atoms with Gasteiger partial charge in [0.05, 0.1) is 5.69 Å². The van der Waals surface area contributed by atoms with Gasteiger partial charge in [0.2, 0.25) is 5.91 Å². The first-order valence-corrected chi connectivity index (χ1v) is 7.53. The highest BCUT2D eigenvalue weighted by Crippen LogP contribution is 2.33. The molecule has 1 amide bonds. The van der Waals surface area contributed by atoms with Crippen LogP contribution in [0.5, 0.6) is 0 Å². The van der Waals surface area contributed by atoms with Crippen LogP contribution in [0.3, 0.4) is 0 Å². The molecule has 2 rings (SSSR count). The molecule has 1 aromatic heterocycles. The summed E-state index contributed by atoms with van der Waals surface area (Å²) in [5.74, 6) is 0.817. The Morgan fingerprint density at radius 2 is 2.44 bits per heavy atom. The summed E-state index contributed by atoms with van der Waals surface area (Å²) in [7, 11) is 0. The van der Waals surface area contributed by atoms with E-state index in [0.717, 1.165) is 30.3 Å². The number of nitrogens with two attached hydrogens (primary N) is 1. The molecule has 1 heterocycles. The molecule has 0 saturated carbocycles. The minimum atomic E-state index is 0.0265. The molecule has 1 atom stereocenters. The zero-order valence-corrected chi connectivity index (χ0v) is 11.7. The minimum absolute atomic E-state index is 0.0265. The van der Waals surface area contributed by atoms with Crippen LogP contribution in [-0.2, 0) is 17.6 Å². The highest BCUT2D eigenvalue weighted by Gasteiger charge is 2.21. The Balaban J connectivity index is 1.95. The van der Waals surface area contributed by atoms with E-state index in [1.165, 1.54) is 23.4 Å². The average molecular weight is 267 g/mol. The molecule has 0 saturated heterocycles. The van der Waals surface area contributed by atoms with Crippen molar-refractivity contribution in [3.05, 3.63) is 10.6 Å². The number of nitrogens with zero attached hydrogens (tertiary/aromatic N) is 1. The second kappa shape index (κ2) is 6.29. The van der Waals surface area contributed by atoms with E-state index in [-0.39, 0.29) is 5.91 Å². The summed E-state index contributed by atoms with van der Waals surface area (Å²) in [4.78, 5) is 17.5. The van der Waals surface area contributed by atoms with Crippen LogP contribution in [0.15, 0.2) is 0 Å². The molecule has 100 valence electrons. The van der Waals surface area contributed by atoms with E-state index in [0.29, 0.717) is 13.0 Å². The highest BCUT2D eigenvalue weighted by molar-refractivity contribution is 7.15. The number of rotatable bonds is 5. The number of thiazole rings is 1. The molecule has 3 N–H and O–H groups in total. The Labute approximate surface area is 112 Å². The molecule has 0 spiro atoms. The zero-order chi connectivity index (χ0) is 13.0. The molecule has 18 heavy (non-hydrogen) atoms. The summed E-state index contributed by atoms with van der Waals surface area (Å²) < 4.78 is 0. The molecule has 0 bridgehead atoms. The first kappa shape index (κ1) is 13.5. The van der Waals surface area contributed by atoms with Crippen LogP contribution in [0.25, 0.3) is 0 Å². The van der Waals surface area contributed by atoms with Crippen LogP contribution in [-0.4, -0.2) is 17.4 Å². The molecule has 0 radical (unpaired) electrons. The second-order valence-corrected chi connectivity index (χ2v) is 5.93. The smallest absolute Gasteiger partial charge is 0.226 e. The first-order valence-electron chi connectivity index (χ1n) is 6.71. The predicted molar refractivity (Wildman–Crippen MR) is 74.8 cm³/mol. The monoisotopic (exact) mass is 267 g/mol. The Morgan fingerprint density at radius 3 is 3.17 bits per heavy atom. The topological polar surface area (TPSA) is 68.0 Å². The van der Waals surface area contributed by atoms with Gasteiger partial charge in [0, 0.05) is 11.3 Å². The van der Waals surface area contributed by atoms with Crippen LogP contribution >= 0.6 is 11.3 Å². The summed E-state index contributed by atoms with van der Waals surface area (Å²) in [5.41, 5.74) is 6.58. The standard InChI is InChI=1S/C13H21N3OS/c1-2-9-5-6-10-11(8-9)18-13(15-10)16-12(17)4-3-7-14/h9H,2-8,14H2,1H3,(H,15,16,17). The fourth-order valence-corrected chi connectivity index (χ4v) is 3.43. The van der Waals surface area contributed by atoms with Crippen molar-refractivity contribution in [1.82, 2.24) is 4.98 Å². The summed E-state index contributed by atoms with van der Waals surface area (Å²) >= 11 is 1.64. The number of aryl methyl sites for hydroxylation is 1. The van der Waals surface area contributed by atoms with Crippen LogP contribution in [0.1, 0.15) is 43.2 Å². The van der Waals surface area contributed by atoms with Crippen LogP contribution < -0.4 is 11.1 Å². The number of carbonyl (C=O) groups excluding carboxylic acids is 1. The lowest BCUT2D eigenvalue weighted by Crippen LogP contribution is -2.13. The number of nitrogens with one attached hydrogen (secondary N) is 1. The van der Waals surface area contributed by atoms with Crippen molar-refractivity contribution in [1.29, 1.82) is 0 Å². The number of aromatic nitrogens is 1. The van der Waals surface area contributed by atoms with Crippen molar-refractivity contribution in [2.75, 3.05) is 11.9 Å². The third-order valence-electron chi connectivity index (χ3n) is 3.47. The third-order valence-corrected chi connectivity index (χ3v) is 4.51. The number of hydrogen-bond acceptors (Lipinski definition) is 4. The van der Waals surface area contributed by atoms with E-state index in [2.05, 4.69) is 17.2 Å². The summed E-state index contributed by atoms with van der Waals surface area (Å²) in [6, 6.07) is 0. The molecule has 1 aliphatic carbocycles. The van der Waals surface area contributed by atoms with Gasteiger partial charge in [-0.1, -0.05) is 13.3 Å². The lowest BCUT2D eigenvalue weighted by molar-refractivity contribution is -0.116. The largest absolute Gasteiger partial charge is 0.330 e. The van der Waals surface area contributed by atoms with Crippen molar-refractivity contribution in [2.45, 2.75) is 45.4 Å². The molecular weight excluding hydrogens is 246 g/mol. The summed E-state index contributed by atoms with van der Waals surface area (Å²) in [5, 5.41) is 3.64. The highest BCUT2D eigenvalue weighted by atomic mass is 32.1. The van der Waals surface area contributed by atoms with E-state index < -0.39 is 0 Å². The quantitative estimate of drug-likeness (QED) is 0.860. The average Bonchev–Trinajstić information content (AvgIpc) is 2.77. The number of fused-ring (bicyclic) bond motifs is 1. The molecule has 1 unspecified atom stereocenters. The number of amides is 1. The van der Waals surface area contributed by atoms with Gasteiger partial charge < -0.3 is 11.1 Å². The molecule has 5 heteroatoms. The maximum Gasteiger partial charge on any atom is 0.226 e. The van der Waals surface area contributed by atoms with Crippen molar-refractivity contribution in [3.8, 4) is 0 Å². The van der Waals surface area contributed by atoms with Gasteiger partial charge in [-0.25, -0.2) is 4.98 Å². The van der Waals surface area contributed by atoms with E-state index in [4.69, 9.17) is 5.73 Å². The van der Waals surface area contributed by atoms with Crippen LogP contribution in [0, 0.1) is 5.92 Å². The Morgan fingerprint density at radius 1 is 1.61 bits per heavy atom. The second-order valence-electron chi connectivity index (χ2n) is 4.85. The molecule has 1 aromatic rings. The number of hydrogen-bond donors (Lipinski definition) is 2. The molecule has 1 aliphatic rings. The molecule has 0 aliphatic heterocycles. The van der Waals surface area contributed by atoms with E-state index in [9.17, 15) is 4.79 Å². The molecule has 0 aromatic carbocycles. The fourth-order valence-electron chi connectivity index (χ4n) is 2.29. The van der Waals surface area contributed by atoms with Gasteiger partial charge in [-0.3, -0.25) is 4.79 Å². The maximum atomic E-state index is 11.6. The van der Waals surface area contributed by atoms with Gasteiger partial charge in [0.1, 0.15) is 0 Å². The minimum Gasteiger partial charge on any atom is -0.330 e. The normalized spacial score (nSPS) is 18.4. The maximum absolute atomic E-state index is 11.6.